The molecular formula is C36H42O8. The summed E-state index contributed by atoms with van der Waals surface area (Å²) in [5, 5.41) is 0. The minimum Gasteiger partial charge on any atom is -0.497 e. The van der Waals surface area contributed by atoms with Gasteiger partial charge in [-0.2, -0.15) is 0 Å². The van der Waals surface area contributed by atoms with E-state index in [-0.39, 0.29) is 5.97 Å². The highest BCUT2D eigenvalue weighted by Gasteiger charge is 2.14. The van der Waals surface area contributed by atoms with Crippen molar-refractivity contribution in [1.82, 2.24) is 0 Å². The van der Waals surface area contributed by atoms with Crippen molar-refractivity contribution in [2.24, 2.45) is 0 Å². The van der Waals surface area contributed by atoms with Gasteiger partial charge < -0.3 is 23.7 Å². The van der Waals surface area contributed by atoms with Crippen LogP contribution in [-0.2, 0) is 9.53 Å². The lowest BCUT2D eigenvalue weighted by Crippen LogP contribution is -2.10. The molecule has 0 aliphatic carbocycles. The first-order chi connectivity index (χ1) is 21.4. The van der Waals surface area contributed by atoms with Gasteiger partial charge in [-0.3, -0.25) is 0 Å². The Balaban J connectivity index is 1.30. The molecule has 8 heteroatoms. The number of esters is 3. The maximum atomic E-state index is 12.7. The highest BCUT2D eigenvalue weighted by atomic mass is 16.5. The van der Waals surface area contributed by atoms with Crippen molar-refractivity contribution in [3.63, 3.8) is 0 Å². The lowest BCUT2D eigenvalue weighted by molar-refractivity contribution is -0.137. The SMILES string of the molecule is C=CC(=O)OCCCCCCCCCCCOc1ccc(C(=O)Oc2ccc(OC(=O)c3ccc(OC)cc3)cc2C)cc1. The van der Waals surface area contributed by atoms with E-state index in [1.165, 1.54) is 31.8 Å². The van der Waals surface area contributed by atoms with Gasteiger partial charge in [0.15, 0.2) is 0 Å². The second-order valence-corrected chi connectivity index (χ2v) is 10.4. The molecule has 3 rings (SSSR count). The number of aryl methyl sites for hydroxylation is 1. The van der Waals surface area contributed by atoms with E-state index in [1.807, 2.05) is 0 Å². The van der Waals surface area contributed by atoms with Crippen molar-refractivity contribution in [2.45, 2.75) is 64.7 Å². The number of benzene rings is 3. The molecule has 0 unspecified atom stereocenters. The quantitative estimate of drug-likeness (QED) is 0.0588. The fraction of sp³-hybridized carbons (Fsp3) is 0.361. The van der Waals surface area contributed by atoms with Crippen LogP contribution >= 0.6 is 0 Å². The van der Waals surface area contributed by atoms with Gasteiger partial charge in [0, 0.05) is 6.08 Å². The Labute approximate surface area is 259 Å². The zero-order valence-corrected chi connectivity index (χ0v) is 25.7. The van der Waals surface area contributed by atoms with Crippen molar-refractivity contribution in [3.05, 3.63) is 96.1 Å². The Kier molecular flexibility index (Phi) is 14.5. The van der Waals surface area contributed by atoms with Crippen LogP contribution in [0.5, 0.6) is 23.0 Å². The van der Waals surface area contributed by atoms with E-state index >= 15 is 0 Å². The number of rotatable bonds is 19. The maximum Gasteiger partial charge on any atom is 0.343 e. The summed E-state index contributed by atoms with van der Waals surface area (Å²) in [4.78, 5) is 36.1. The Morgan fingerprint density at radius 1 is 0.636 bits per heavy atom. The first kappa shape index (κ1) is 33.9. The highest BCUT2D eigenvalue weighted by Crippen LogP contribution is 2.26. The van der Waals surface area contributed by atoms with Gasteiger partial charge in [0.1, 0.15) is 23.0 Å². The molecule has 0 bridgehead atoms. The molecule has 3 aromatic carbocycles. The Hall–Kier alpha value is -4.59. The third kappa shape index (κ3) is 12.0. The molecule has 0 radical (unpaired) electrons. The predicted octanol–water partition coefficient (Wildman–Crippen LogP) is 8.06. The fourth-order valence-corrected chi connectivity index (χ4v) is 4.40. The zero-order chi connectivity index (χ0) is 31.6. The molecule has 0 N–H and O–H groups in total. The van der Waals surface area contributed by atoms with Crippen molar-refractivity contribution < 1.29 is 38.1 Å². The summed E-state index contributed by atoms with van der Waals surface area (Å²) in [6.07, 6.45) is 11.2. The molecule has 0 atom stereocenters. The molecule has 8 nitrogen and oxygen atoms in total. The normalized spacial score (nSPS) is 10.5. The van der Waals surface area contributed by atoms with Crippen molar-refractivity contribution in [2.75, 3.05) is 20.3 Å². The van der Waals surface area contributed by atoms with E-state index in [9.17, 15) is 14.4 Å². The summed E-state index contributed by atoms with van der Waals surface area (Å²) in [5.41, 5.74) is 1.46. The van der Waals surface area contributed by atoms with Gasteiger partial charge in [-0.05, 0) is 92.1 Å². The van der Waals surface area contributed by atoms with Crippen LogP contribution in [0.25, 0.3) is 0 Å². The monoisotopic (exact) mass is 602 g/mol. The topological polar surface area (TPSA) is 97.4 Å². The predicted molar refractivity (Wildman–Crippen MR) is 169 cm³/mol. The second-order valence-electron chi connectivity index (χ2n) is 10.4. The van der Waals surface area contributed by atoms with E-state index in [1.54, 1.807) is 80.8 Å². The standard InChI is InChI=1S/C36H42O8/c1-4-34(37)42-25-13-11-9-7-5-6-8-10-12-24-41-31-20-16-29(17-21-31)36(39)44-33-23-22-32(26-27(33)2)43-35(38)28-14-18-30(40-3)19-15-28/h4,14-23,26H,1,5-13,24-25H2,2-3H3. The average Bonchev–Trinajstić information content (AvgIpc) is 3.04. The number of hydrogen-bond acceptors (Lipinski definition) is 8. The number of carbonyl (C=O) groups is 3. The fourth-order valence-electron chi connectivity index (χ4n) is 4.40. The molecule has 0 aliphatic rings. The molecule has 234 valence electrons. The maximum absolute atomic E-state index is 12.7. The van der Waals surface area contributed by atoms with E-state index in [0.717, 1.165) is 32.1 Å². The van der Waals surface area contributed by atoms with Crippen LogP contribution in [0.3, 0.4) is 0 Å². The number of ether oxygens (including phenoxy) is 5. The summed E-state index contributed by atoms with van der Waals surface area (Å²) in [6.45, 7) is 6.26. The van der Waals surface area contributed by atoms with Crippen molar-refractivity contribution in [1.29, 1.82) is 0 Å². The molecule has 0 saturated heterocycles. The van der Waals surface area contributed by atoms with E-state index in [2.05, 4.69) is 6.58 Å². The first-order valence-electron chi connectivity index (χ1n) is 15.1. The Morgan fingerprint density at radius 2 is 1.14 bits per heavy atom. The summed E-state index contributed by atoms with van der Waals surface area (Å²) in [7, 11) is 1.56. The van der Waals surface area contributed by atoms with Crippen LogP contribution in [-0.4, -0.2) is 38.2 Å². The van der Waals surface area contributed by atoms with E-state index < -0.39 is 11.9 Å². The van der Waals surface area contributed by atoms with Crippen LogP contribution in [0.2, 0.25) is 0 Å². The molecule has 0 fully saturated rings. The third-order valence-corrected chi connectivity index (χ3v) is 6.94. The van der Waals surface area contributed by atoms with Gasteiger partial charge in [-0.25, -0.2) is 14.4 Å². The molecule has 0 saturated carbocycles. The van der Waals surface area contributed by atoms with Gasteiger partial charge in [-0.15, -0.1) is 0 Å². The Bertz CT molecular complexity index is 1350. The van der Waals surface area contributed by atoms with Gasteiger partial charge in [0.2, 0.25) is 0 Å². The largest absolute Gasteiger partial charge is 0.497 e. The molecule has 0 aliphatic heterocycles. The minimum absolute atomic E-state index is 0.349. The van der Waals surface area contributed by atoms with Crippen LogP contribution in [0.4, 0.5) is 0 Å². The lowest BCUT2D eigenvalue weighted by Gasteiger charge is -2.11. The second kappa shape index (κ2) is 18.8. The van der Waals surface area contributed by atoms with Gasteiger partial charge in [-0.1, -0.05) is 51.5 Å². The molecule has 44 heavy (non-hydrogen) atoms. The summed E-state index contributed by atoms with van der Waals surface area (Å²) in [6, 6.07) is 18.4. The molecule has 0 aromatic heterocycles. The van der Waals surface area contributed by atoms with Crippen LogP contribution < -0.4 is 18.9 Å². The van der Waals surface area contributed by atoms with E-state index in [0.29, 0.717) is 52.9 Å². The molecule has 0 amide bonds. The molecule has 0 spiro atoms. The number of carbonyl (C=O) groups excluding carboxylic acids is 3. The Morgan fingerprint density at radius 3 is 1.68 bits per heavy atom. The summed E-state index contributed by atoms with van der Waals surface area (Å²) < 4.78 is 26.9. The summed E-state index contributed by atoms with van der Waals surface area (Å²) >= 11 is 0. The third-order valence-electron chi connectivity index (χ3n) is 6.94. The number of unbranched alkanes of at least 4 members (excludes halogenated alkanes) is 8. The molecular weight excluding hydrogens is 560 g/mol. The number of methoxy groups -OCH3 is 1. The molecule has 0 heterocycles. The first-order valence-corrected chi connectivity index (χ1v) is 15.1. The highest BCUT2D eigenvalue weighted by molar-refractivity contribution is 5.92. The zero-order valence-electron chi connectivity index (χ0n) is 25.7. The van der Waals surface area contributed by atoms with E-state index in [4.69, 9.17) is 23.7 Å². The van der Waals surface area contributed by atoms with Crippen molar-refractivity contribution in [3.8, 4) is 23.0 Å². The van der Waals surface area contributed by atoms with Crippen molar-refractivity contribution >= 4 is 17.9 Å². The van der Waals surface area contributed by atoms with Crippen LogP contribution in [0.1, 0.15) is 84.1 Å². The molecule has 3 aromatic rings. The van der Waals surface area contributed by atoms with Gasteiger partial charge >= 0.3 is 17.9 Å². The van der Waals surface area contributed by atoms with Crippen LogP contribution in [0, 0.1) is 6.92 Å². The number of hydrogen-bond donors (Lipinski definition) is 0. The average molecular weight is 603 g/mol. The lowest BCUT2D eigenvalue weighted by atomic mass is 10.1. The van der Waals surface area contributed by atoms with Gasteiger partial charge in [0.05, 0.1) is 31.5 Å². The summed E-state index contributed by atoms with van der Waals surface area (Å²) in [5.74, 6) is 0.751. The van der Waals surface area contributed by atoms with Gasteiger partial charge in [0.25, 0.3) is 0 Å². The smallest absolute Gasteiger partial charge is 0.343 e. The minimum atomic E-state index is -0.496. The van der Waals surface area contributed by atoms with Crippen LogP contribution in [0.15, 0.2) is 79.4 Å².